The van der Waals surface area contributed by atoms with Crippen LogP contribution in [0.15, 0.2) is 48.9 Å². The Morgan fingerprint density at radius 1 is 1.11 bits per heavy atom. The number of carboxylic acid groups (broad SMARTS) is 1. The van der Waals surface area contributed by atoms with E-state index in [2.05, 4.69) is 9.97 Å². The Labute approximate surface area is 102 Å². The van der Waals surface area contributed by atoms with Crippen molar-refractivity contribution in [2.24, 2.45) is 0 Å². The number of fused-ring (bicyclic) bond motifs is 1. The Kier molecular flexibility index (Phi) is 2.30. The average molecular weight is 239 g/mol. The predicted molar refractivity (Wildman–Crippen MR) is 65.4 cm³/mol. The van der Waals surface area contributed by atoms with E-state index < -0.39 is 5.97 Å². The fraction of sp³-hybridized carbons (Fsp3) is 0. The molecule has 3 aromatic rings. The van der Waals surface area contributed by atoms with Crippen molar-refractivity contribution in [1.29, 1.82) is 0 Å². The largest absolute Gasteiger partial charge is 0.478 e. The van der Waals surface area contributed by atoms with Crippen LogP contribution in [0, 0.1) is 0 Å². The zero-order valence-electron chi connectivity index (χ0n) is 9.32. The van der Waals surface area contributed by atoms with Crippen LogP contribution in [0.1, 0.15) is 10.4 Å². The lowest BCUT2D eigenvalue weighted by molar-refractivity contribution is 0.0696. The van der Waals surface area contributed by atoms with Gasteiger partial charge in [0.2, 0.25) is 5.78 Å². The van der Waals surface area contributed by atoms with Gasteiger partial charge >= 0.3 is 5.97 Å². The minimum Gasteiger partial charge on any atom is -0.478 e. The van der Waals surface area contributed by atoms with Crippen molar-refractivity contribution < 1.29 is 9.90 Å². The molecule has 5 nitrogen and oxygen atoms in total. The zero-order chi connectivity index (χ0) is 12.5. The van der Waals surface area contributed by atoms with Gasteiger partial charge in [-0.05, 0) is 0 Å². The predicted octanol–water partition coefficient (Wildman–Crippen LogP) is 2.09. The van der Waals surface area contributed by atoms with E-state index in [1.807, 2.05) is 30.3 Å². The van der Waals surface area contributed by atoms with E-state index >= 15 is 0 Å². The quantitative estimate of drug-likeness (QED) is 0.743. The summed E-state index contributed by atoms with van der Waals surface area (Å²) in [5.74, 6) is -0.518. The summed E-state index contributed by atoms with van der Waals surface area (Å²) in [6.07, 6.45) is 4.52. The molecular weight excluding hydrogens is 230 g/mol. The van der Waals surface area contributed by atoms with Crippen molar-refractivity contribution in [3.8, 4) is 11.3 Å². The number of aromatic nitrogens is 3. The lowest BCUT2D eigenvalue weighted by Gasteiger charge is -2.02. The van der Waals surface area contributed by atoms with Gasteiger partial charge in [-0.1, -0.05) is 30.3 Å². The van der Waals surface area contributed by atoms with Gasteiger partial charge in [0.25, 0.3) is 0 Å². The minimum atomic E-state index is -1.00. The molecule has 0 atom stereocenters. The summed E-state index contributed by atoms with van der Waals surface area (Å²) in [6, 6.07) is 9.65. The van der Waals surface area contributed by atoms with Gasteiger partial charge in [-0.2, -0.15) is 0 Å². The molecule has 0 aliphatic carbocycles. The molecule has 18 heavy (non-hydrogen) atoms. The van der Waals surface area contributed by atoms with E-state index in [1.54, 1.807) is 10.6 Å². The van der Waals surface area contributed by atoms with Crippen molar-refractivity contribution in [3.05, 3.63) is 54.5 Å². The van der Waals surface area contributed by atoms with Crippen molar-refractivity contribution in [2.75, 3.05) is 0 Å². The fourth-order valence-corrected chi connectivity index (χ4v) is 1.81. The first kappa shape index (κ1) is 10.5. The maximum Gasteiger partial charge on any atom is 0.338 e. The first-order chi connectivity index (χ1) is 8.75. The first-order valence-electron chi connectivity index (χ1n) is 5.37. The van der Waals surface area contributed by atoms with Gasteiger partial charge in [0.1, 0.15) is 0 Å². The minimum absolute atomic E-state index is 0.137. The monoisotopic (exact) mass is 239 g/mol. The SMILES string of the molecule is O=C(O)c1cnc2ncc(-c3ccccc3)n2c1. The summed E-state index contributed by atoms with van der Waals surface area (Å²) in [5, 5.41) is 8.97. The standard InChI is InChI=1S/C13H9N3O2/c17-12(18)10-6-14-13-15-7-11(16(13)8-10)9-4-2-1-3-5-9/h1-8H,(H,17,18). The number of hydrogen-bond acceptors (Lipinski definition) is 3. The number of benzene rings is 1. The second kappa shape index (κ2) is 3.96. The van der Waals surface area contributed by atoms with Crippen molar-refractivity contribution in [2.45, 2.75) is 0 Å². The Hall–Kier alpha value is -2.69. The van der Waals surface area contributed by atoms with Crippen molar-refractivity contribution >= 4 is 11.7 Å². The van der Waals surface area contributed by atoms with Gasteiger partial charge in [-0.25, -0.2) is 14.8 Å². The van der Waals surface area contributed by atoms with E-state index in [1.165, 1.54) is 12.4 Å². The number of carbonyl (C=O) groups is 1. The van der Waals surface area contributed by atoms with Crippen molar-refractivity contribution in [1.82, 2.24) is 14.4 Å². The number of aromatic carboxylic acids is 1. The van der Waals surface area contributed by atoms with E-state index in [-0.39, 0.29) is 5.56 Å². The summed E-state index contributed by atoms with van der Waals surface area (Å²) >= 11 is 0. The first-order valence-corrected chi connectivity index (χ1v) is 5.37. The van der Waals surface area contributed by atoms with Gasteiger partial charge in [0, 0.05) is 18.0 Å². The van der Waals surface area contributed by atoms with Crippen LogP contribution >= 0.6 is 0 Å². The molecule has 0 fully saturated rings. The van der Waals surface area contributed by atoms with E-state index in [9.17, 15) is 4.79 Å². The second-order valence-corrected chi connectivity index (χ2v) is 3.83. The Bertz CT molecular complexity index is 719. The summed E-state index contributed by atoms with van der Waals surface area (Å²) in [5.41, 5.74) is 1.92. The number of rotatable bonds is 2. The number of carboxylic acids is 1. The third-order valence-electron chi connectivity index (χ3n) is 2.68. The molecule has 0 aliphatic heterocycles. The fourth-order valence-electron chi connectivity index (χ4n) is 1.81. The van der Waals surface area contributed by atoms with Crippen LogP contribution in [0.4, 0.5) is 0 Å². The number of imidazole rings is 1. The molecule has 5 heteroatoms. The third-order valence-corrected chi connectivity index (χ3v) is 2.68. The molecule has 0 saturated carbocycles. The molecule has 88 valence electrons. The lowest BCUT2D eigenvalue weighted by atomic mass is 10.2. The summed E-state index contributed by atoms with van der Waals surface area (Å²) in [4.78, 5) is 19.1. The van der Waals surface area contributed by atoms with E-state index in [0.29, 0.717) is 5.78 Å². The second-order valence-electron chi connectivity index (χ2n) is 3.83. The molecule has 0 bridgehead atoms. The molecule has 2 aromatic heterocycles. The third kappa shape index (κ3) is 1.62. The average Bonchev–Trinajstić information content (AvgIpc) is 2.82. The van der Waals surface area contributed by atoms with E-state index in [0.717, 1.165) is 11.3 Å². The highest BCUT2D eigenvalue weighted by molar-refractivity contribution is 5.87. The number of hydrogen-bond donors (Lipinski definition) is 1. The molecule has 1 N–H and O–H groups in total. The highest BCUT2D eigenvalue weighted by Crippen LogP contribution is 2.19. The molecule has 0 aliphatic rings. The molecule has 0 amide bonds. The van der Waals surface area contributed by atoms with Gasteiger partial charge in [-0.3, -0.25) is 4.40 Å². The Balaban J connectivity index is 2.24. The van der Waals surface area contributed by atoms with Crippen LogP contribution in [-0.4, -0.2) is 25.4 Å². The highest BCUT2D eigenvalue weighted by atomic mass is 16.4. The van der Waals surface area contributed by atoms with Gasteiger partial charge in [-0.15, -0.1) is 0 Å². The molecule has 1 aromatic carbocycles. The highest BCUT2D eigenvalue weighted by Gasteiger charge is 2.09. The Morgan fingerprint density at radius 2 is 1.83 bits per heavy atom. The summed E-state index contributed by atoms with van der Waals surface area (Å²) < 4.78 is 1.68. The van der Waals surface area contributed by atoms with Crippen molar-refractivity contribution in [3.63, 3.8) is 0 Å². The zero-order valence-corrected chi connectivity index (χ0v) is 9.32. The molecular formula is C13H9N3O2. The van der Waals surface area contributed by atoms with Gasteiger partial charge < -0.3 is 5.11 Å². The maximum absolute atomic E-state index is 10.9. The molecule has 0 unspecified atom stereocenters. The Morgan fingerprint density at radius 3 is 2.56 bits per heavy atom. The lowest BCUT2D eigenvalue weighted by Crippen LogP contribution is -2.01. The van der Waals surface area contributed by atoms with Crippen LogP contribution in [0.5, 0.6) is 0 Å². The normalized spacial score (nSPS) is 10.7. The maximum atomic E-state index is 10.9. The van der Waals surface area contributed by atoms with Crippen LogP contribution < -0.4 is 0 Å². The summed E-state index contributed by atoms with van der Waals surface area (Å²) in [6.45, 7) is 0. The van der Waals surface area contributed by atoms with Crippen LogP contribution in [0.2, 0.25) is 0 Å². The molecule has 0 spiro atoms. The summed E-state index contributed by atoms with van der Waals surface area (Å²) in [7, 11) is 0. The molecule has 0 radical (unpaired) electrons. The van der Waals surface area contributed by atoms with Crippen LogP contribution in [-0.2, 0) is 0 Å². The topological polar surface area (TPSA) is 67.5 Å². The van der Waals surface area contributed by atoms with Gasteiger partial charge in [0.05, 0.1) is 17.5 Å². The van der Waals surface area contributed by atoms with Crippen LogP contribution in [0.25, 0.3) is 17.0 Å². The van der Waals surface area contributed by atoms with Crippen LogP contribution in [0.3, 0.4) is 0 Å². The molecule has 2 heterocycles. The smallest absolute Gasteiger partial charge is 0.338 e. The molecule has 3 rings (SSSR count). The van der Waals surface area contributed by atoms with Gasteiger partial charge in [0.15, 0.2) is 0 Å². The molecule has 0 saturated heterocycles. The number of nitrogens with zero attached hydrogens (tertiary/aromatic N) is 3. The van der Waals surface area contributed by atoms with E-state index in [4.69, 9.17) is 5.11 Å².